The van der Waals surface area contributed by atoms with Crippen molar-refractivity contribution in [2.75, 3.05) is 36.8 Å². The quantitative estimate of drug-likeness (QED) is 0.741. The van der Waals surface area contributed by atoms with Crippen LogP contribution in [-0.2, 0) is 0 Å². The molecule has 0 bridgehead atoms. The van der Waals surface area contributed by atoms with Gasteiger partial charge >= 0.3 is 0 Å². The van der Waals surface area contributed by atoms with Gasteiger partial charge in [0.15, 0.2) is 0 Å². The lowest BCUT2D eigenvalue weighted by atomic mass is 10.1. The number of hydrogen-bond acceptors (Lipinski definition) is 3. The standard InChI is InChI=1S/C19H22ClN3O.2ClH/c1-13-4-6-16(21)12-17(13)19(24)23-9-7-22(8-10-23)18-11-15(20)5-3-14(18)2;;/h3-6,11-12H,7-10,21H2,1-2H3;2*1H. The van der Waals surface area contributed by atoms with Crippen molar-refractivity contribution in [3.05, 3.63) is 58.1 Å². The second-order valence-electron chi connectivity index (χ2n) is 6.28. The zero-order valence-electron chi connectivity index (χ0n) is 14.9. The molecule has 4 nitrogen and oxygen atoms in total. The smallest absolute Gasteiger partial charge is 0.254 e. The summed E-state index contributed by atoms with van der Waals surface area (Å²) in [4.78, 5) is 17.0. The molecule has 1 aliphatic rings. The van der Waals surface area contributed by atoms with E-state index >= 15 is 0 Å². The number of nitrogens with zero attached hydrogens (tertiary/aromatic N) is 2. The van der Waals surface area contributed by atoms with Crippen LogP contribution in [0.3, 0.4) is 0 Å². The van der Waals surface area contributed by atoms with Crippen molar-refractivity contribution < 1.29 is 4.79 Å². The van der Waals surface area contributed by atoms with Crippen LogP contribution in [0.5, 0.6) is 0 Å². The van der Waals surface area contributed by atoms with Crippen LogP contribution in [0, 0.1) is 13.8 Å². The number of piperazine rings is 1. The van der Waals surface area contributed by atoms with E-state index in [1.54, 1.807) is 6.07 Å². The molecular weight excluding hydrogens is 393 g/mol. The van der Waals surface area contributed by atoms with Crippen LogP contribution in [0.2, 0.25) is 5.02 Å². The van der Waals surface area contributed by atoms with Crippen molar-refractivity contribution in [3.63, 3.8) is 0 Å². The summed E-state index contributed by atoms with van der Waals surface area (Å²) in [6.07, 6.45) is 0. The predicted molar refractivity (Wildman–Crippen MR) is 114 cm³/mol. The first-order chi connectivity index (χ1) is 11.5. The molecule has 0 aromatic heterocycles. The van der Waals surface area contributed by atoms with Gasteiger partial charge in [-0.2, -0.15) is 0 Å². The van der Waals surface area contributed by atoms with E-state index in [1.807, 2.05) is 42.2 Å². The summed E-state index contributed by atoms with van der Waals surface area (Å²) in [6, 6.07) is 11.4. The number of carbonyl (C=O) groups excluding carboxylic acids is 1. The van der Waals surface area contributed by atoms with Crippen LogP contribution in [0.15, 0.2) is 36.4 Å². The highest BCUT2D eigenvalue weighted by atomic mass is 35.5. The van der Waals surface area contributed by atoms with E-state index in [9.17, 15) is 4.79 Å². The van der Waals surface area contributed by atoms with Gasteiger partial charge in [0.2, 0.25) is 0 Å². The lowest BCUT2D eigenvalue weighted by Gasteiger charge is -2.37. The van der Waals surface area contributed by atoms with Gasteiger partial charge in [0.1, 0.15) is 0 Å². The van der Waals surface area contributed by atoms with Crippen molar-refractivity contribution in [1.82, 2.24) is 4.90 Å². The molecule has 0 atom stereocenters. The third-order valence-electron chi connectivity index (χ3n) is 4.57. The Morgan fingerprint density at radius 1 is 0.962 bits per heavy atom. The summed E-state index contributed by atoms with van der Waals surface area (Å²) in [5.41, 5.74) is 10.5. The Morgan fingerprint density at radius 2 is 1.58 bits per heavy atom. The van der Waals surface area contributed by atoms with Gasteiger partial charge in [-0.1, -0.05) is 23.7 Å². The zero-order chi connectivity index (χ0) is 17.3. The SMILES string of the molecule is Cc1ccc(N)cc1C(=O)N1CCN(c2cc(Cl)ccc2C)CC1.Cl.Cl. The van der Waals surface area contributed by atoms with Crippen molar-refractivity contribution in [3.8, 4) is 0 Å². The van der Waals surface area contributed by atoms with E-state index in [0.717, 1.165) is 29.4 Å². The molecule has 0 radical (unpaired) electrons. The van der Waals surface area contributed by atoms with Gasteiger partial charge in [-0.3, -0.25) is 4.79 Å². The predicted octanol–water partition coefficient (Wildman–Crippen LogP) is 4.35. The molecule has 2 N–H and O–H groups in total. The van der Waals surface area contributed by atoms with Crippen LogP contribution < -0.4 is 10.6 Å². The molecule has 1 saturated heterocycles. The molecule has 0 unspecified atom stereocenters. The molecule has 2 aromatic rings. The normalized spacial score (nSPS) is 13.7. The summed E-state index contributed by atoms with van der Waals surface area (Å²) in [6.45, 7) is 7.01. The Bertz CT molecular complexity index is 775. The number of nitrogen functional groups attached to an aromatic ring is 1. The van der Waals surface area contributed by atoms with E-state index in [-0.39, 0.29) is 30.7 Å². The topological polar surface area (TPSA) is 49.6 Å². The number of amides is 1. The maximum Gasteiger partial charge on any atom is 0.254 e. The highest BCUT2D eigenvalue weighted by Gasteiger charge is 2.24. The molecule has 7 heteroatoms. The highest BCUT2D eigenvalue weighted by molar-refractivity contribution is 6.30. The van der Waals surface area contributed by atoms with E-state index in [4.69, 9.17) is 17.3 Å². The summed E-state index contributed by atoms with van der Waals surface area (Å²) < 4.78 is 0. The summed E-state index contributed by atoms with van der Waals surface area (Å²) in [7, 11) is 0. The van der Waals surface area contributed by atoms with Gasteiger partial charge in [0.25, 0.3) is 5.91 Å². The second-order valence-corrected chi connectivity index (χ2v) is 6.72. The van der Waals surface area contributed by atoms with E-state index in [1.165, 1.54) is 5.56 Å². The molecule has 1 amide bonds. The number of benzene rings is 2. The van der Waals surface area contributed by atoms with Gasteiger partial charge in [0, 0.05) is 48.1 Å². The average molecular weight is 417 g/mol. The number of rotatable bonds is 2. The van der Waals surface area contributed by atoms with Gasteiger partial charge in [-0.25, -0.2) is 0 Å². The minimum absolute atomic E-state index is 0. The van der Waals surface area contributed by atoms with Crippen LogP contribution >= 0.6 is 36.4 Å². The third kappa shape index (κ3) is 4.76. The molecular formula is C19H24Cl3N3O. The lowest BCUT2D eigenvalue weighted by molar-refractivity contribution is 0.0746. The van der Waals surface area contributed by atoms with Crippen molar-refractivity contribution in [2.45, 2.75) is 13.8 Å². The van der Waals surface area contributed by atoms with Gasteiger partial charge in [-0.15, -0.1) is 24.8 Å². The molecule has 0 aliphatic carbocycles. The van der Waals surface area contributed by atoms with Gasteiger partial charge < -0.3 is 15.5 Å². The maximum atomic E-state index is 12.8. The minimum Gasteiger partial charge on any atom is -0.399 e. The second kappa shape index (κ2) is 9.36. The number of aryl methyl sites for hydroxylation is 2. The Hall–Kier alpha value is -1.62. The summed E-state index contributed by atoms with van der Waals surface area (Å²) >= 11 is 6.12. The van der Waals surface area contributed by atoms with Crippen molar-refractivity contribution >= 4 is 53.7 Å². The maximum absolute atomic E-state index is 12.8. The van der Waals surface area contributed by atoms with Crippen LogP contribution in [0.4, 0.5) is 11.4 Å². The minimum atomic E-state index is 0. The monoisotopic (exact) mass is 415 g/mol. The fourth-order valence-corrected chi connectivity index (χ4v) is 3.28. The molecule has 142 valence electrons. The van der Waals surface area contributed by atoms with Gasteiger partial charge in [-0.05, 0) is 49.2 Å². The fraction of sp³-hybridized carbons (Fsp3) is 0.316. The van der Waals surface area contributed by atoms with E-state index < -0.39 is 0 Å². The number of nitrogens with two attached hydrogens (primary N) is 1. The van der Waals surface area contributed by atoms with Crippen molar-refractivity contribution in [1.29, 1.82) is 0 Å². The molecule has 0 saturated carbocycles. The molecule has 1 heterocycles. The first-order valence-corrected chi connectivity index (χ1v) is 8.50. The fourth-order valence-electron chi connectivity index (χ4n) is 3.11. The van der Waals surface area contributed by atoms with Crippen LogP contribution in [0.1, 0.15) is 21.5 Å². The van der Waals surface area contributed by atoms with Crippen LogP contribution in [0.25, 0.3) is 0 Å². The van der Waals surface area contributed by atoms with E-state index in [2.05, 4.69) is 11.8 Å². The summed E-state index contributed by atoms with van der Waals surface area (Å²) in [5, 5.41) is 0.740. The largest absolute Gasteiger partial charge is 0.399 e. The molecule has 1 aliphatic heterocycles. The molecule has 0 spiro atoms. The number of halogens is 3. The Balaban J connectivity index is 0.00000169. The van der Waals surface area contributed by atoms with Crippen LogP contribution in [-0.4, -0.2) is 37.0 Å². The Morgan fingerprint density at radius 3 is 2.23 bits per heavy atom. The third-order valence-corrected chi connectivity index (χ3v) is 4.81. The Labute approximate surface area is 172 Å². The molecule has 3 rings (SSSR count). The average Bonchev–Trinajstić information content (AvgIpc) is 2.59. The zero-order valence-corrected chi connectivity index (χ0v) is 17.3. The molecule has 1 fully saturated rings. The molecule has 26 heavy (non-hydrogen) atoms. The number of anilines is 2. The number of carbonyl (C=O) groups is 1. The lowest BCUT2D eigenvalue weighted by Crippen LogP contribution is -2.49. The first kappa shape index (κ1) is 22.4. The first-order valence-electron chi connectivity index (χ1n) is 8.12. The van der Waals surface area contributed by atoms with E-state index in [0.29, 0.717) is 24.3 Å². The highest BCUT2D eigenvalue weighted by Crippen LogP contribution is 2.26. The van der Waals surface area contributed by atoms with Crippen molar-refractivity contribution in [2.24, 2.45) is 0 Å². The van der Waals surface area contributed by atoms with Gasteiger partial charge in [0.05, 0.1) is 0 Å². The summed E-state index contributed by atoms with van der Waals surface area (Å²) in [5.74, 6) is 0.0577. The molecule has 2 aromatic carbocycles. The number of hydrogen-bond donors (Lipinski definition) is 1. The Kier molecular flexibility index (Phi) is 8.07.